The third kappa shape index (κ3) is 4.40. The molecule has 2 aliphatic rings. The summed E-state index contributed by atoms with van der Waals surface area (Å²) in [7, 11) is 0. The van der Waals surface area contributed by atoms with Crippen LogP contribution in [0.5, 0.6) is 0 Å². The third-order valence-corrected chi connectivity index (χ3v) is 6.50. The number of carbonyl (C=O) groups excluding carboxylic acids is 1. The number of aromatic nitrogens is 1. The molecule has 2 amide bonds. The van der Waals surface area contributed by atoms with Crippen molar-refractivity contribution in [2.75, 3.05) is 39.3 Å². The number of halogens is 4. The first-order valence-corrected chi connectivity index (χ1v) is 11.2. The first-order valence-electron chi connectivity index (χ1n) is 11.2. The zero-order valence-electron chi connectivity index (χ0n) is 18.4. The molecule has 0 bridgehead atoms. The molecule has 0 spiro atoms. The van der Waals surface area contributed by atoms with Gasteiger partial charge >= 0.3 is 12.2 Å². The van der Waals surface area contributed by atoms with Gasteiger partial charge in [0.25, 0.3) is 0 Å². The minimum absolute atomic E-state index is 0.0291. The molecule has 3 heterocycles. The Bertz CT molecular complexity index is 1250. The molecule has 1 aromatic heterocycles. The maximum Gasteiger partial charge on any atom is 0.416 e. The average Bonchev–Trinajstić information content (AvgIpc) is 3.41. The topological polar surface area (TPSA) is 40.5 Å². The van der Waals surface area contributed by atoms with E-state index in [0.29, 0.717) is 41.7 Å². The van der Waals surface area contributed by atoms with Gasteiger partial charge in [0, 0.05) is 68.5 Å². The van der Waals surface area contributed by atoms with Crippen molar-refractivity contribution >= 4 is 22.6 Å². The van der Waals surface area contributed by atoms with Gasteiger partial charge in [-0.05, 0) is 35.9 Å². The summed E-state index contributed by atoms with van der Waals surface area (Å²) in [6, 6.07) is 9.53. The van der Waals surface area contributed by atoms with Crippen LogP contribution in [0, 0.1) is 5.82 Å². The first-order chi connectivity index (χ1) is 16.3. The van der Waals surface area contributed by atoms with E-state index in [9.17, 15) is 22.4 Å². The van der Waals surface area contributed by atoms with Gasteiger partial charge in [-0.25, -0.2) is 9.18 Å². The molecule has 0 saturated carbocycles. The molecule has 1 saturated heterocycles. The Hall–Kier alpha value is -3.33. The molecule has 0 unspecified atom stereocenters. The number of nitrogens with zero attached hydrogens (tertiary/aromatic N) is 3. The van der Waals surface area contributed by atoms with E-state index in [-0.39, 0.29) is 6.03 Å². The molecule has 2 aromatic carbocycles. The van der Waals surface area contributed by atoms with Gasteiger partial charge in [-0.2, -0.15) is 13.2 Å². The van der Waals surface area contributed by atoms with Crippen molar-refractivity contribution in [1.82, 2.24) is 19.7 Å². The second-order valence-electron chi connectivity index (χ2n) is 8.61. The van der Waals surface area contributed by atoms with Crippen molar-refractivity contribution in [3.8, 4) is 11.1 Å². The first kappa shape index (κ1) is 22.5. The quantitative estimate of drug-likeness (QED) is 0.529. The number of hydrogen-bond acceptors (Lipinski definition) is 2. The van der Waals surface area contributed by atoms with Gasteiger partial charge in [0.1, 0.15) is 5.82 Å². The number of rotatable bonds is 5. The van der Waals surface area contributed by atoms with Crippen LogP contribution in [-0.2, 0) is 6.18 Å². The summed E-state index contributed by atoms with van der Waals surface area (Å²) in [6.07, 6.45) is 0.195. The van der Waals surface area contributed by atoms with Crippen LogP contribution in [0.15, 0.2) is 54.7 Å². The van der Waals surface area contributed by atoms with Crippen molar-refractivity contribution in [2.24, 2.45) is 0 Å². The number of carbonyl (C=O) groups is 1. The highest BCUT2D eigenvalue weighted by Gasteiger charge is 2.31. The molecular weight excluding hydrogens is 448 g/mol. The number of fused-ring (bicyclic) bond motifs is 1. The molecule has 3 aromatic rings. The molecule has 9 heteroatoms. The zero-order chi connectivity index (χ0) is 23.9. The lowest BCUT2D eigenvalue weighted by Crippen LogP contribution is -2.38. The number of nitrogens with one attached hydrogen (secondary N) is 1. The van der Waals surface area contributed by atoms with E-state index in [4.69, 9.17) is 0 Å². The molecule has 2 aliphatic heterocycles. The molecule has 5 nitrogen and oxygen atoms in total. The van der Waals surface area contributed by atoms with Gasteiger partial charge in [0.15, 0.2) is 0 Å². The highest BCUT2D eigenvalue weighted by atomic mass is 19.4. The number of amides is 2. The molecule has 1 fully saturated rings. The fourth-order valence-electron chi connectivity index (χ4n) is 4.61. The average molecular weight is 472 g/mol. The Morgan fingerprint density at radius 2 is 1.79 bits per heavy atom. The Labute approximate surface area is 194 Å². The minimum Gasteiger partial charge on any atom is -0.336 e. The lowest BCUT2D eigenvalue weighted by Gasteiger charge is -2.28. The minimum atomic E-state index is -4.45. The standard InChI is InChI=1S/C25H24F4N4O/c26-19-4-1-17(2-5-19)22-16-33(23-6-3-18(15-21(22)23)25(27,28)29)20-7-10-31(11-8-20)13-14-32-12-9-30-24(32)34/h1-7,15-16H,8-14H2,(H,30,34). The lowest BCUT2D eigenvalue weighted by molar-refractivity contribution is -0.137. The van der Waals surface area contributed by atoms with Crippen LogP contribution in [0.3, 0.4) is 0 Å². The summed E-state index contributed by atoms with van der Waals surface area (Å²) < 4.78 is 55.6. The van der Waals surface area contributed by atoms with Gasteiger partial charge in [-0.1, -0.05) is 18.2 Å². The fraction of sp³-hybridized carbons (Fsp3) is 0.320. The molecule has 1 N–H and O–H groups in total. The van der Waals surface area contributed by atoms with Crippen molar-refractivity contribution in [2.45, 2.75) is 12.6 Å². The normalized spacial score (nSPS) is 17.4. The summed E-state index contributed by atoms with van der Waals surface area (Å²) >= 11 is 0. The number of alkyl halides is 3. The van der Waals surface area contributed by atoms with Gasteiger partial charge in [-0.15, -0.1) is 0 Å². The van der Waals surface area contributed by atoms with E-state index in [0.717, 1.165) is 37.8 Å². The summed E-state index contributed by atoms with van der Waals surface area (Å²) in [4.78, 5) is 15.8. The van der Waals surface area contributed by atoms with Crippen LogP contribution in [0.25, 0.3) is 27.7 Å². The van der Waals surface area contributed by atoms with Crippen LogP contribution >= 0.6 is 0 Å². The SMILES string of the molecule is O=C1NCCN1CCN1CC=C(n2cc(-c3ccc(F)cc3)c3cc(C(F)(F)F)ccc32)CC1. The van der Waals surface area contributed by atoms with Crippen molar-refractivity contribution in [3.05, 3.63) is 66.1 Å². The highest BCUT2D eigenvalue weighted by Crippen LogP contribution is 2.38. The summed E-state index contributed by atoms with van der Waals surface area (Å²) in [5.41, 5.74) is 2.26. The Morgan fingerprint density at radius 1 is 1.00 bits per heavy atom. The monoisotopic (exact) mass is 472 g/mol. The third-order valence-electron chi connectivity index (χ3n) is 6.50. The zero-order valence-corrected chi connectivity index (χ0v) is 18.4. The maximum atomic E-state index is 13.5. The lowest BCUT2D eigenvalue weighted by atomic mass is 10.0. The molecule has 0 atom stereocenters. The molecule has 5 rings (SSSR count). The predicted octanol–water partition coefficient (Wildman–Crippen LogP) is 5.04. The molecular formula is C25H24F4N4O. The fourth-order valence-corrected chi connectivity index (χ4v) is 4.61. The second-order valence-corrected chi connectivity index (χ2v) is 8.61. The molecule has 34 heavy (non-hydrogen) atoms. The molecule has 0 radical (unpaired) electrons. The van der Waals surface area contributed by atoms with Crippen molar-refractivity contribution in [3.63, 3.8) is 0 Å². The van der Waals surface area contributed by atoms with Crippen molar-refractivity contribution in [1.29, 1.82) is 0 Å². The van der Waals surface area contributed by atoms with Crippen LogP contribution in [0.4, 0.5) is 22.4 Å². The smallest absolute Gasteiger partial charge is 0.336 e. The summed E-state index contributed by atoms with van der Waals surface area (Å²) in [5, 5.41) is 3.27. The maximum absolute atomic E-state index is 13.5. The van der Waals surface area contributed by atoms with Crippen LogP contribution in [0.2, 0.25) is 0 Å². The van der Waals surface area contributed by atoms with Crippen molar-refractivity contribution < 1.29 is 22.4 Å². The van der Waals surface area contributed by atoms with Gasteiger partial charge < -0.3 is 14.8 Å². The summed E-state index contributed by atoms with van der Waals surface area (Å²) in [6.45, 7) is 4.30. The van der Waals surface area contributed by atoms with E-state index in [2.05, 4.69) is 16.3 Å². The van der Waals surface area contributed by atoms with E-state index in [1.165, 1.54) is 24.3 Å². The second kappa shape index (κ2) is 8.79. The van der Waals surface area contributed by atoms with Crippen LogP contribution < -0.4 is 5.32 Å². The number of hydrogen-bond donors (Lipinski definition) is 1. The molecule has 178 valence electrons. The Morgan fingerprint density at radius 3 is 2.44 bits per heavy atom. The van der Waals surface area contributed by atoms with E-state index < -0.39 is 17.6 Å². The van der Waals surface area contributed by atoms with Crippen LogP contribution in [0.1, 0.15) is 12.0 Å². The largest absolute Gasteiger partial charge is 0.416 e. The number of benzene rings is 2. The summed E-state index contributed by atoms with van der Waals surface area (Å²) in [5.74, 6) is -0.398. The number of urea groups is 1. The van der Waals surface area contributed by atoms with Gasteiger partial charge in [-0.3, -0.25) is 4.90 Å². The van der Waals surface area contributed by atoms with Gasteiger partial charge in [0.2, 0.25) is 0 Å². The Kier molecular flexibility index (Phi) is 5.81. The molecule has 0 aliphatic carbocycles. The predicted molar refractivity (Wildman–Crippen MR) is 123 cm³/mol. The Balaban J connectivity index is 1.44. The van der Waals surface area contributed by atoms with E-state index >= 15 is 0 Å². The van der Waals surface area contributed by atoms with Gasteiger partial charge in [0.05, 0.1) is 11.1 Å². The van der Waals surface area contributed by atoms with E-state index in [1.54, 1.807) is 17.0 Å². The highest BCUT2D eigenvalue weighted by molar-refractivity contribution is 5.98. The van der Waals surface area contributed by atoms with Crippen LogP contribution in [-0.4, -0.2) is 59.7 Å². The van der Waals surface area contributed by atoms with E-state index in [1.807, 2.05) is 10.8 Å².